The lowest BCUT2D eigenvalue weighted by molar-refractivity contribution is -0.161. The van der Waals surface area contributed by atoms with E-state index >= 15 is 0 Å². The summed E-state index contributed by atoms with van der Waals surface area (Å²) in [5.74, 6) is -1.76. The summed E-state index contributed by atoms with van der Waals surface area (Å²) >= 11 is 0. The fraction of sp³-hybridized carbons (Fsp3) is 0.568. The second-order valence-corrected chi connectivity index (χ2v) is 26.5. The Balaban J connectivity index is 4.71. The Labute approximate surface area is 597 Å². The van der Waals surface area contributed by atoms with Crippen molar-refractivity contribution >= 4 is 33.6 Å². The lowest BCUT2D eigenvalue weighted by Gasteiger charge is -2.21. The molecule has 18 heteroatoms. The minimum atomic E-state index is -4.97. The van der Waals surface area contributed by atoms with Gasteiger partial charge in [0.15, 0.2) is 6.10 Å². The summed E-state index contributed by atoms with van der Waals surface area (Å²) < 4.78 is 60.8. The molecule has 0 saturated carbocycles. The molecule has 0 aliphatic heterocycles. The number of aliphatic hydroxyl groups excluding tert-OH is 2. The second kappa shape index (κ2) is 72.2. The van der Waals surface area contributed by atoms with E-state index in [0.29, 0.717) is 32.1 Å². The van der Waals surface area contributed by atoms with Gasteiger partial charge in [0.2, 0.25) is 0 Å². The van der Waals surface area contributed by atoms with Crippen molar-refractivity contribution in [1.29, 1.82) is 0 Å². The first-order valence-corrected chi connectivity index (χ1v) is 39.7. The van der Waals surface area contributed by atoms with Gasteiger partial charge in [0.05, 0.1) is 26.4 Å². The smallest absolute Gasteiger partial charge is 0.463 e. The maximum Gasteiger partial charge on any atom is 0.472 e. The highest BCUT2D eigenvalue weighted by Crippen LogP contribution is 2.45. The number of carbonyl (C=O) groups is 3. The zero-order valence-corrected chi connectivity index (χ0v) is 62.4. The van der Waals surface area contributed by atoms with Gasteiger partial charge >= 0.3 is 33.6 Å². The third-order valence-electron chi connectivity index (χ3n) is 14.3. The molecule has 0 aliphatic rings. The first-order chi connectivity index (χ1) is 48.2. The van der Waals surface area contributed by atoms with Gasteiger partial charge in [-0.1, -0.05) is 273 Å². The largest absolute Gasteiger partial charge is 0.472 e. The lowest BCUT2D eigenvalue weighted by atomic mass is 10.0. The Morgan fingerprint density at radius 2 is 0.535 bits per heavy atom. The molecule has 558 valence electrons. The first-order valence-electron chi connectivity index (χ1n) is 36.7. The Hall–Kier alpha value is -5.61. The zero-order chi connectivity index (χ0) is 72.3. The number of phosphoric acid groups is 2. The molecule has 0 saturated heterocycles. The van der Waals surface area contributed by atoms with Crippen LogP contribution >= 0.6 is 15.6 Å². The summed E-state index contributed by atoms with van der Waals surface area (Å²) in [5.41, 5.74) is 0. The number of allylic oxidation sites excluding steroid dienone is 32. The highest BCUT2D eigenvalue weighted by Gasteiger charge is 2.29. The van der Waals surface area contributed by atoms with Crippen molar-refractivity contribution in [3.8, 4) is 0 Å². The van der Waals surface area contributed by atoms with E-state index in [2.05, 4.69) is 185 Å². The van der Waals surface area contributed by atoms with Crippen molar-refractivity contribution in [3.63, 3.8) is 0 Å². The maximum atomic E-state index is 12.9. The van der Waals surface area contributed by atoms with Crippen LogP contribution < -0.4 is 0 Å². The Morgan fingerprint density at radius 3 is 0.889 bits per heavy atom. The van der Waals surface area contributed by atoms with E-state index in [4.69, 9.17) is 32.3 Å². The minimum absolute atomic E-state index is 0.00218. The summed E-state index contributed by atoms with van der Waals surface area (Å²) in [6, 6.07) is 0. The Bertz CT molecular complexity index is 2580. The predicted molar refractivity (Wildman–Crippen MR) is 408 cm³/mol. The molecule has 16 nitrogen and oxygen atoms in total. The Morgan fingerprint density at radius 1 is 0.283 bits per heavy atom. The van der Waals surface area contributed by atoms with Gasteiger partial charge in [-0.05, 0) is 141 Å². The van der Waals surface area contributed by atoms with Crippen LogP contribution in [-0.4, -0.2) is 95.9 Å². The lowest BCUT2D eigenvalue weighted by Crippen LogP contribution is -2.30. The van der Waals surface area contributed by atoms with E-state index < -0.39 is 91.5 Å². The van der Waals surface area contributed by atoms with Gasteiger partial charge in [0.1, 0.15) is 25.4 Å². The molecule has 5 unspecified atom stereocenters. The van der Waals surface area contributed by atoms with Crippen LogP contribution in [0.5, 0.6) is 0 Å². The second-order valence-electron chi connectivity index (χ2n) is 23.6. The molecule has 0 radical (unpaired) electrons. The van der Waals surface area contributed by atoms with Crippen molar-refractivity contribution in [1.82, 2.24) is 0 Å². The maximum absolute atomic E-state index is 12.9. The summed E-state index contributed by atoms with van der Waals surface area (Å²) in [7, 11) is -9.84. The van der Waals surface area contributed by atoms with Crippen molar-refractivity contribution < 1.29 is 75.8 Å². The number of hydrogen-bond donors (Lipinski definition) is 4. The van der Waals surface area contributed by atoms with Crippen molar-refractivity contribution in [2.45, 2.75) is 257 Å². The van der Waals surface area contributed by atoms with E-state index in [0.717, 1.165) is 128 Å². The quantitative estimate of drug-likeness (QED) is 0.0146. The molecule has 0 aromatic rings. The molecule has 0 amide bonds. The van der Waals surface area contributed by atoms with Gasteiger partial charge in [-0.15, -0.1) is 0 Å². The van der Waals surface area contributed by atoms with Crippen molar-refractivity contribution in [3.05, 3.63) is 194 Å². The van der Waals surface area contributed by atoms with Gasteiger partial charge in [0.25, 0.3) is 0 Å². The van der Waals surface area contributed by atoms with Gasteiger partial charge in [-0.25, -0.2) is 9.13 Å². The van der Waals surface area contributed by atoms with Crippen LogP contribution in [0.25, 0.3) is 0 Å². The fourth-order valence-electron chi connectivity index (χ4n) is 8.83. The molecule has 0 heterocycles. The summed E-state index contributed by atoms with van der Waals surface area (Å²) in [6.07, 6.45) is 93.7. The van der Waals surface area contributed by atoms with Gasteiger partial charge in [-0.2, -0.15) is 0 Å². The molecule has 5 atom stereocenters. The monoisotopic (exact) mass is 1420 g/mol. The molecule has 99 heavy (non-hydrogen) atoms. The molecule has 0 aromatic carbocycles. The number of ether oxygens (including phenoxy) is 3. The number of esters is 3. The standard InChI is InChI=1S/C81H128O16P2/c1-4-7-10-13-16-19-22-25-28-31-33-34-35-36-37-38-39-40-42-45-46-49-52-55-58-61-64-67-79(84)91-70-76(82)71-93-98(87,88)94-72-77(83)73-95-99(89,90)96-75-78(97-81(86)69-66-63-60-57-54-51-48-43-30-27-24-21-18-15-12-9-6-3)74-92-80(85)68-65-62-59-56-53-50-47-44-41-32-29-26-23-20-17-14-11-8-5-2/h7-12,16-21,25-30,33-34,36-37,41,44,48,50-51,53,57,59-60,62,76-78,82-83H,4-6,13-15,22-24,31-32,35,38-40,42-43,45-47,49,52,54-56,58,61,63-75H2,1-3H3,(H,87,88)(H,89,90)/b10-7-,11-8-,12-9-,19-16-,20-17-,21-18-,28-25-,29-26-,30-27-,34-33-,37-36-,44-41-,51-48-,53-50-,60-57-,62-59-. The molecular formula is C81H128O16P2. The van der Waals surface area contributed by atoms with Crippen molar-refractivity contribution in [2.24, 2.45) is 0 Å². The highest BCUT2D eigenvalue weighted by molar-refractivity contribution is 7.47. The van der Waals surface area contributed by atoms with E-state index in [-0.39, 0.29) is 19.3 Å². The average Bonchev–Trinajstić information content (AvgIpc) is 3.78. The van der Waals surface area contributed by atoms with Crippen molar-refractivity contribution in [2.75, 3.05) is 39.6 Å². The van der Waals surface area contributed by atoms with E-state index in [9.17, 15) is 43.5 Å². The number of phosphoric ester groups is 2. The molecule has 0 fully saturated rings. The number of hydrogen-bond acceptors (Lipinski definition) is 14. The molecule has 0 spiro atoms. The van der Waals surface area contributed by atoms with Crippen LogP contribution in [0.3, 0.4) is 0 Å². The number of unbranched alkanes of at least 4 members (excludes halogenated alkanes) is 12. The highest BCUT2D eigenvalue weighted by atomic mass is 31.2. The van der Waals surface area contributed by atoms with Gasteiger partial charge in [0, 0.05) is 19.3 Å². The topological polar surface area (TPSA) is 231 Å². The average molecular weight is 1420 g/mol. The zero-order valence-electron chi connectivity index (χ0n) is 60.6. The molecule has 0 aliphatic carbocycles. The molecule has 0 aromatic heterocycles. The molecule has 4 N–H and O–H groups in total. The van der Waals surface area contributed by atoms with Crippen LogP contribution in [0.1, 0.15) is 239 Å². The normalized spacial score (nSPS) is 15.2. The molecule has 0 bridgehead atoms. The molecular weight excluding hydrogens is 1290 g/mol. The van der Waals surface area contributed by atoms with Gasteiger partial charge < -0.3 is 34.2 Å². The summed E-state index contributed by atoms with van der Waals surface area (Å²) in [4.78, 5) is 58.5. The van der Waals surface area contributed by atoms with Crippen LogP contribution in [0.15, 0.2) is 194 Å². The summed E-state index contributed by atoms with van der Waals surface area (Å²) in [5, 5.41) is 20.6. The number of carbonyl (C=O) groups excluding carboxylic acids is 3. The third kappa shape index (κ3) is 73.4. The van der Waals surface area contributed by atoms with Crippen LogP contribution in [0.2, 0.25) is 0 Å². The predicted octanol–water partition coefficient (Wildman–Crippen LogP) is 21.2. The first kappa shape index (κ1) is 93.4. The van der Waals surface area contributed by atoms with E-state index in [1.807, 2.05) is 30.4 Å². The fourth-order valence-corrected chi connectivity index (χ4v) is 10.4. The van der Waals surface area contributed by atoms with Gasteiger partial charge in [-0.3, -0.25) is 32.5 Å². The van der Waals surface area contributed by atoms with Crippen LogP contribution in [0, 0.1) is 0 Å². The minimum Gasteiger partial charge on any atom is -0.463 e. The summed E-state index contributed by atoms with van der Waals surface area (Å²) in [6.45, 7) is 2.13. The molecule has 0 rings (SSSR count). The van der Waals surface area contributed by atoms with E-state index in [1.54, 1.807) is 0 Å². The Kier molecular flexibility index (Phi) is 68.1. The van der Waals surface area contributed by atoms with E-state index in [1.165, 1.54) is 38.5 Å². The van der Waals surface area contributed by atoms with Crippen LogP contribution in [0.4, 0.5) is 0 Å². The number of aliphatic hydroxyl groups is 2. The number of rotatable bonds is 67. The third-order valence-corrected chi connectivity index (χ3v) is 16.2. The SMILES string of the molecule is CC/C=C\C/C=C\C/C=C\C/C=C\C/C=C\C/C=C\CCC(=O)OCC(COP(=O)(O)OCC(O)COP(=O)(O)OCC(O)COC(=O)CCCCCCCCCCCCC/C=C\C/C=C\C/C=C\C/C=C\C/C=C\CC)OC(=O)CCC/C=C\C/C=C\C/C=C\C/C=C\C/C=C\CC. The van der Waals surface area contributed by atoms with Crippen LogP contribution in [-0.2, 0) is 55.8 Å².